The highest BCUT2D eigenvalue weighted by molar-refractivity contribution is 6.04. The molecule has 0 saturated carbocycles. The van der Waals surface area contributed by atoms with Crippen LogP contribution >= 0.6 is 0 Å². The van der Waals surface area contributed by atoms with Crippen LogP contribution in [0.2, 0.25) is 0 Å². The summed E-state index contributed by atoms with van der Waals surface area (Å²) in [6, 6.07) is 7.38. The van der Waals surface area contributed by atoms with Gasteiger partial charge in [-0.05, 0) is 36.8 Å². The van der Waals surface area contributed by atoms with Gasteiger partial charge in [-0.3, -0.25) is 4.79 Å². The van der Waals surface area contributed by atoms with E-state index in [1.54, 1.807) is 12.3 Å². The first-order chi connectivity index (χ1) is 8.56. The Hall–Kier alpha value is -2.56. The Kier molecular flexibility index (Phi) is 3.14. The number of aromatic hydroxyl groups is 2. The Morgan fingerprint density at radius 2 is 1.94 bits per heavy atom. The van der Waals surface area contributed by atoms with E-state index in [1.807, 2.05) is 13.0 Å². The van der Waals surface area contributed by atoms with Gasteiger partial charge >= 0.3 is 0 Å². The SMILES string of the molecule is Cc1ccc(NC(=O)c2ccc(O)c(O)c2)nc1. The highest BCUT2D eigenvalue weighted by Gasteiger charge is 2.09. The lowest BCUT2D eigenvalue weighted by molar-refractivity contribution is 0.102. The molecule has 5 heteroatoms. The average molecular weight is 244 g/mol. The van der Waals surface area contributed by atoms with Crippen molar-refractivity contribution in [2.75, 3.05) is 5.32 Å². The van der Waals surface area contributed by atoms with Gasteiger partial charge in [-0.2, -0.15) is 0 Å². The number of carbonyl (C=O) groups is 1. The van der Waals surface area contributed by atoms with E-state index in [0.717, 1.165) is 5.56 Å². The van der Waals surface area contributed by atoms with Crippen LogP contribution in [0, 0.1) is 6.92 Å². The lowest BCUT2D eigenvalue weighted by Crippen LogP contribution is -2.12. The molecule has 0 spiro atoms. The summed E-state index contributed by atoms with van der Waals surface area (Å²) in [4.78, 5) is 15.9. The molecular weight excluding hydrogens is 232 g/mol. The molecule has 1 amide bonds. The van der Waals surface area contributed by atoms with Crippen molar-refractivity contribution in [3.8, 4) is 11.5 Å². The highest BCUT2D eigenvalue weighted by Crippen LogP contribution is 2.25. The molecule has 1 aromatic heterocycles. The lowest BCUT2D eigenvalue weighted by Gasteiger charge is -2.05. The second-order valence-electron chi connectivity index (χ2n) is 3.88. The minimum absolute atomic E-state index is 0.243. The number of amides is 1. The van der Waals surface area contributed by atoms with E-state index in [0.29, 0.717) is 5.82 Å². The highest BCUT2D eigenvalue weighted by atomic mass is 16.3. The van der Waals surface area contributed by atoms with E-state index in [2.05, 4.69) is 10.3 Å². The molecule has 3 N–H and O–H groups in total. The number of anilines is 1. The maximum absolute atomic E-state index is 11.8. The van der Waals surface area contributed by atoms with Gasteiger partial charge in [0.1, 0.15) is 5.82 Å². The second-order valence-corrected chi connectivity index (χ2v) is 3.88. The van der Waals surface area contributed by atoms with E-state index in [9.17, 15) is 9.90 Å². The zero-order chi connectivity index (χ0) is 13.1. The molecule has 0 aliphatic carbocycles. The van der Waals surface area contributed by atoms with E-state index in [-0.39, 0.29) is 17.1 Å². The maximum atomic E-state index is 11.8. The fourth-order valence-electron chi connectivity index (χ4n) is 1.39. The summed E-state index contributed by atoms with van der Waals surface area (Å²) in [5, 5.41) is 21.0. The minimum atomic E-state index is -0.401. The first-order valence-corrected chi connectivity index (χ1v) is 5.32. The smallest absolute Gasteiger partial charge is 0.256 e. The standard InChI is InChI=1S/C13H12N2O3/c1-8-2-5-12(14-7-8)15-13(18)9-3-4-10(16)11(17)6-9/h2-7,16-17H,1H3,(H,14,15,18). The van der Waals surface area contributed by atoms with Gasteiger partial charge in [-0.15, -0.1) is 0 Å². The summed E-state index contributed by atoms with van der Waals surface area (Å²) >= 11 is 0. The molecule has 18 heavy (non-hydrogen) atoms. The van der Waals surface area contributed by atoms with Crippen LogP contribution in [0.1, 0.15) is 15.9 Å². The van der Waals surface area contributed by atoms with Crippen LogP contribution in [0.4, 0.5) is 5.82 Å². The Labute approximate surface area is 104 Å². The van der Waals surface area contributed by atoms with Gasteiger partial charge in [-0.25, -0.2) is 4.98 Å². The van der Waals surface area contributed by atoms with Crippen molar-refractivity contribution in [3.05, 3.63) is 47.7 Å². The van der Waals surface area contributed by atoms with Gasteiger partial charge in [0.05, 0.1) is 0 Å². The van der Waals surface area contributed by atoms with Crippen molar-refractivity contribution in [2.24, 2.45) is 0 Å². The zero-order valence-electron chi connectivity index (χ0n) is 9.71. The zero-order valence-corrected chi connectivity index (χ0v) is 9.71. The number of benzene rings is 1. The molecule has 2 aromatic rings. The van der Waals surface area contributed by atoms with Gasteiger partial charge in [-0.1, -0.05) is 6.07 Å². The van der Waals surface area contributed by atoms with E-state index >= 15 is 0 Å². The molecule has 0 bridgehead atoms. The van der Waals surface area contributed by atoms with Crippen LogP contribution in [-0.4, -0.2) is 21.1 Å². The summed E-state index contributed by atoms with van der Waals surface area (Å²) in [6.07, 6.45) is 1.64. The van der Waals surface area contributed by atoms with Crippen LogP contribution < -0.4 is 5.32 Å². The van der Waals surface area contributed by atoms with Crippen molar-refractivity contribution in [1.82, 2.24) is 4.98 Å². The number of phenolic OH excluding ortho intramolecular Hbond substituents is 2. The Morgan fingerprint density at radius 3 is 2.56 bits per heavy atom. The number of rotatable bonds is 2. The molecule has 0 fully saturated rings. The molecule has 0 atom stereocenters. The number of carbonyl (C=O) groups excluding carboxylic acids is 1. The third kappa shape index (κ3) is 2.57. The first kappa shape index (κ1) is 11.9. The van der Waals surface area contributed by atoms with Crippen molar-refractivity contribution >= 4 is 11.7 Å². The van der Waals surface area contributed by atoms with Gasteiger partial charge in [0.15, 0.2) is 11.5 Å². The van der Waals surface area contributed by atoms with E-state index < -0.39 is 5.91 Å². The number of nitrogens with zero attached hydrogens (tertiary/aromatic N) is 1. The van der Waals surface area contributed by atoms with Crippen molar-refractivity contribution in [2.45, 2.75) is 6.92 Å². The van der Waals surface area contributed by atoms with Crippen molar-refractivity contribution in [3.63, 3.8) is 0 Å². The number of hydrogen-bond acceptors (Lipinski definition) is 4. The largest absolute Gasteiger partial charge is 0.504 e. The van der Waals surface area contributed by atoms with Crippen LogP contribution in [0.15, 0.2) is 36.5 Å². The Bertz CT molecular complexity index is 579. The molecule has 92 valence electrons. The Morgan fingerprint density at radius 1 is 1.17 bits per heavy atom. The number of pyridine rings is 1. The lowest BCUT2D eigenvalue weighted by atomic mass is 10.2. The van der Waals surface area contributed by atoms with Crippen LogP contribution in [0.3, 0.4) is 0 Å². The molecule has 2 rings (SSSR count). The molecule has 1 heterocycles. The fraction of sp³-hybridized carbons (Fsp3) is 0.0769. The summed E-state index contributed by atoms with van der Waals surface area (Å²) in [7, 11) is 0. The van der Waals surface area contributed by atoms with Gasteiger partial charge in [0, 0.05) is 11.8 Å². The van der Waals surface area contributed by atoms with Crippen molar-refractivity contribution < 1.29 is 15.0 Å². The number of phenols is 2. The van der Waals surface area contributed by atoms with Crippen LogP contribution in [-0.2, 0) is 0 Å². The molecular formula is C13H12N2O3. The molecule has 5 nitrogen and oxygen atoms in total. The Balaban J connectivity index is 2.16. The number of hydrogen-bond donors (Lipinski definition) is 3. The topological polar surface area (TPSA) is 82.5 Å². The van der Waals surface area contributed by atoms with Gasteiger partial charge in [0.2, 0.25) is 0 Å². The van der Waals surface area contributed by atoms with Gasteiger partial charge in [0.25, 0.3) is 5.91 Å². The maximum Gasteiger partial charge on any atom is 0.256 e. The molecule has 1 aromatic carbocycles. The number of aromatic nitrogens is 1. The van der Waals surface area contributed by atoms with Crippen LogP contribution in [0.5, 0.6) is 11.5 Å². The molecule has 0 radical (unpaired) electrons. The normalized spacial score (nSPS) is 10.1. The predicted octanol–water partition coefficient (Wildman–Crippen LogP) is 2.05. The minimum Gasteiger partial charge on any atom is -0.504 e. The quantitative estimate of drug-likeness (QED) is 0.706. The van der Waals surface area contributed by atoms with Crippen LogP contribution in [0.25, 0.3) is 0 Å². The van der Waals surface area contributed by atoms with E-state index in [4.69, 9.17) is 5.11 Å². The first-order valence-electron chi connectivity index (χ1n) is 5.32. The predicted molar refractivity (Wildman–Crippen MR) is 66.7 cm³/mol. The average Bonchev–Trinajstić information content (AvgIpc) is 2.35. The van der Waals surface area contributed by atoms with Crippen molar-refractivity contribution in [1.29, 1.82) is 0 Å². The van der Waals surface area contributed by atoms with Gasteiger partial charge < -0.3 is 15.5 Å². The summed E-state index contributed by atoms with van der Waals surface area (Å²) in [6.45, 7) is 1.90. The number of aryl methyl sites for hydroxylation is 1. The molecule has 0 saturated heterocycles. The third-order valence-electron chi connectivity index (χ3n) is 2.39. The fourth-order valence-corrected chi connectivity index (χ4v) is 1.39. The molecule has 0 aliphatic rings. The monoisotopic (exact) mass is 244 g/mol. The second kappa shape index (κ2) is 4.75. The summed E-state index contributed by atoms with van der Waals surface area (Å²) < 4.78 is 0. The van der Waals surface area contributed by atoms with E-state index in [1.165, 1.54) is 18.2 Å². The molecule has 0 aliphatic heterocycles. The summed E-state index contributed by atoms with van der Waals surface area (Å²) in [5.41, 5.74) is 1.24. The number of nitrogens with one attached hydrogen (secondary N) is 1. The molecule has 0 unspecified atom stereocenters. The summed E-state index contributed by atoms with van der Waals surface area (Å²) in [5.74, 6) is -0.570. The third-order valence-corrected chi connectivity index (χ3v) is 2.39.